The number of carbonyl (C=O) groups excluding carboxylic acids is 3. The molecule has 1 heterocycles. The molecule has 31 heavy (non-hydrogen) atoms. The molecule has 3 aromatic rings. The van der Waals surface area contributed by atoms with Crippen LogP contribution in [0.2, 0.25) is 0 Å². The summed E-state index contributed by atoms with van der Waals surface area (Å²) in [6, 6.07) is 24.3. The first-order valence-corrected chi connectivity index (χ1v) is 9.86. The molecule has 1 aliphatic heterocycles. The van der Waals surface area contributed by atoms with Crippen LogP contribution in [-0.2, 0) is 9.59 Å². The zero-order chi connectivity index (χ0) is 21.8. The Kier molecular flexibility index (Phi) is 5.62. The van der Waals surface area contributed by atoms with Gasteiger partial charge < -0.3 is 10.6 Å². The number of carbonyl (C=O) groups is 3. The molecule has 4 amide bonds. The third kappa shape index (κ3) is 4.70. The molecule has 1 fully saturated rings. The average Bonchev–Trinajstić information content (AvgIpc) is 3.04. The third-order valence-electron chi connectivity index (χ3n) is 4.93. The van der Waals surface area contributed by atoms with Gasteiger partial charge in [-0.15, -0.1) is 0 Å². The molecule has 4 rings (SSSR count). The van der Waals surface area contributed by atoms with E-state index in [0.717, 1.165) is 27.2 Å². The van der Waals surface area contributed by atoms with Crippen molar-refractivity contribution < 1.29 is 14.4 Å². The number of nitrogens with one attached hydrogen (secondary N) is 2. The molecule has 6 nitrogen and oxygen atoms in total. The van der Waals surface area contributed by atoms with Crippen molar-refractivity contribution in [1.29, 1.82) is 0 Å². The predicted octanol–water partition coefficient (Wildman–Crippen LogP) is 4.19. The van der Waals surface area contributed by atoms with E-state index in [4.69, 9.17) is 0 Å². The summed E-state index contributed by atoms with van der Waals surface area (Å²) in [6.45, 7) is 1.59. The van der Waals surface area contributed by atoms with E-state index in [1.165, 1.54) is 0 Å². The Bertz CT molecular complexity index is 1150. The lowest BCUT2D eigenvalue weighted by atomic mass is 10.0. The van der Waals surface area contributed by atoms with Crippen LogP contribution < -0.4 is 10.6 Å². The van der Waals surface area contributed by atoms with Gasteiger partial charge in [0.15, 0.2) is 0 Å². The number of amides is 4. The Labute approximate surface area is 180 Å². The summed E-state index contributed by atoms with van der Waals surface area (Å²) in [6.07, 6.45) is 1.60. The molecule has 0 bridgehead atoms. The van der Waals surface area contributed by atoms with E-state index in [9.17, 15) is 14.4 Å². The van der Waals surface area contributed by atoms with Crippen LogP contribution in [0.5, 0.6) is 0 Å². The molecule has 6 heteroatoms. The summed E-state index contributed by atoms with van der Waals surface area (Å²) in [4.78, 5) is 38.0. The van der Waals surface area contributed by atoms with E-state index in [0.29, 0.717) is 5.69 Å². The molecule has 1 saturated heterocycles. The fourth-order valence-corrected chi connectivity index (χ4v) is 3.27. The van der Waals surface area contributed by atoms with E-state index in [1.54, 1.807) is 18.2 Å². The number of imide groups is 1. The van der Waals surface area contributed by atoms with Crippen LogP contribution >= 0.6 is 0 Å². The second-order valence-electron chi connectivity index (χ2n) is 7.28. The molecule has 0 aliphatic carbocycles. The SMILES string of the molecule is Cc1ccc(NC(=O)CN2C(=O)N/C(=C\c3ccc(-c4ccccc4)cc3)C2=O)cc1. The normalized spacial score (nSPS) is 14.6. The van der Waals surface area contributed by atoms with Gasteiger partial charge in [-0.25, -0.2) is 9.69 Å². The van der Waals surface area contributed by atoms with Gasteiger partial charge in [-0.2, -0.15) is 0 Å². The molecule has 0 saturated carbocycles. The summed E-state index contributed by atoms with van der Waals surface area (Å²) in [5.74, 6) is -0.975. The molecule has 0 radical (unpaired) electrons. The molecule has 2 N–H and O–H groups in total. The number of rotatable bonds is 5. The van der Waals surface area contributed by atoms with Crippen molar-refractivity contribution in [3.8, 4) is 11.1 Å². The smallest absolute Gasteiger partial charge is 0.325 e. The second kappa shape index (κ2) is 8.67. The van der Waals surface area contributed by atoms with Crippen LogP contribution in [0.3, 0.4) is 0 Å². The zero-order valence-corrected chi connectivity index (χ0v) is 17.0. The number of benzene rings is 3. The summed E-state index contributed by atoms with van der Waals surface area (Å²) in [5, 5.41) is 5.23. The maximum Gasteiger partial charge on any atom is 0.329 e. The van der Waals surface area contributed by atoms with Crippen LogP contribution in [0.15, 0.2) is 84.6 Å². The van der Waals surface area contributed by atoms with E-state index in [1.807, 2.05) is 73.7 Å². The maximum absolute atomic E-state index is 12.6. The van der Waals surface area contributed by atoms with Crippen LogP contribution in [0.1, 0.15) is 11.1 Å². The fraction of sp³-hybridized carbons (Fsp3) is 0.0800. The van der Waals surface area contributed by atoms with Crippen LogP contribution in [0, 0.1) is 6.92 Å². The first-order valence-electron chi connectivity index (χ1n) is 9.86. The summed E-state index contributed by atoms with van der Waals surface area (Å²) < 4.78 is 0. The monoisotopic (exact) mass is 411 g/mol. The van der Waals surface area contributed by atoms with Gasteiger partial charge >= 0.3 is 6.03 Å². The van der Waals surface area contributed by atoms with Crippen molar-refractivity contribution >= 4 is 29.6 Å². The van der Waals surface area contributed by atoms with Gasteiger partial charge in [0, 0.05) is 5.69 Å². The number of aryl methyl sites for hydroxylation is 1. The number of nitrogens with zero attached hydrogens (tertiary/aromatic N) is 1. The molecular weight excluding hydrogens is 390 g/mol. The van der Waals surface area contributed by atoms with Gasteiger partial charge in [-0.1, -0.05) is 72.3 Å². The van der Waals surface area contributed by atoms with Crippen molar-refractivity contribution in [3.63, 3.8) is 0 Å². The molecular formula is C25H21N3O3. The van der Waals surface area contributed by atoms with Crippen molar-refractivity contribution in [3.05, 3.63) is 95.7 Å². The Hall–Kier alpha value is -4.19. The van der Waals surface area contributed by atoms with Gasteiger partial charge in [0.2, 0.25) is 5.91 Å². The number of anilines is 1. The molecule has 0 aromatic heterocycles. The summed E-state index contributed by atoms with van der Waals surface area (Å²) >= 11 is 0. The van der Waals surface area contributed by atoms with Gasteiger partial charge in [0.05, 0.1) is 0 Å². The largest absolute Gasteiger partial charge is 0.329 e. The highest BCUT2D eigenvalue weighted by Crippen LogP contribution is 2.21. The lowest BCUT2D eigenvalue weighted by molar-refractivity contribution is -0.127. The average molecular weight is 411 g/mol. The van der Waals surface area contributed by atoms with Gasteiger partial charge in [0.25, 0.3) is 5.91 Å². The summed E-state index contributed by atoms with van der Waals surface area (Å²) in [7, 11) is 0. The minimum atomic E-state index is -0.615. The highest BCUT2D eigenvalue weighted by Gasteiger charge is 2.34. The van der Waals surface area contributed by atoms with Gasteiger partial charge in [-0.3, -0.25) is 9.59 Å². The first-order chi connectivity index (χ1) is 15.0. The van der Waals surface area contributed by atoms with E-state index in [2.05, 4.69) is 10.6 Å². The Morgan fingerprint density at radius 2 is 1.55 bits per heavy atom. The quantitative estimate of drug-likeness (QED) is 0.488. The van der Waals surface area contributed by atoms with Crippen molar-refractivity contribution in [2.24, 2.45) is 0 Å². The molecule has 3 aromatic carbocycles. The van der Waals surface area contributed by atoms with Crippen molar-refractivity contribution in [2.75, 3.05) is 11.9 Å². The minimum absolute atomic E-state index is 0.139. The second-order valence-corrected chi connectivity index (χ2v) is 7.28. The van der Waals surface area contributed by atoms with E-state index >= 15 is 0 Å². The molecule has 0 atom stereocenters. The lowest BCUT2D eigenvalue weighted by Gasteiger charge is -2.12. The summed E-state index contributed by atoms with van der Waals surface area (Å²) in [5.41, 5.74) is 4.74. The van der Waals surface area contributed by atoms with Crippen molar-refractivity contribution in [2.45, 2.75) is 6.92 Å². The maximum atomic E-state index is 12.6. The third-order valence-corrected chi connectivity index (χ3v) is 4.93. The molecule has 1 aliphatic rings. The zero-order valence-electron chi connectivity index (χ0n) is 17.0. The number of hydrogen-bond donors (Lipinski definition) is 2. The number of hydrogen-bond acceptors (Lipinski definition) is 3. The Balaban J connectivity index is 1.43. The minimum Gasteiger partial charge on any atom is -0.325 e. The van der Waals surface area contributed by atoms with Gasteiger partial charge in [-0.05, 0) is 41.8 Å². The molecule has 0 spiro atoms. The lowest BCUT2D eigenvalue weighted by Crippen LogP contribution is -2.38. The van der Waals surface area contributed by atoms with Crippen LogP contribution in [0.4, 0.5) is 10.5 Å². The molecule has 0 unspecified atom stereocenters. The van der Waals surface area contributed by atoms with Gasteiger partial charge in [0.1, 0.15) is 12.2 Å². The van der Waals surface area contributed by atoms with Crippen molar-refractivity contribution in [1.82, 2.24) is 10.2 Å². The topological polar surface area (TPSA) is 78.5 Å². The predicted molar refractivity (Wildman–Crippen MR) is 120 cm³/mol. The van der Waals surface area contributed by atoms with Crippen LogP contribution in [0.25, 0.3) is 17.2 Å². The Morgan fingerprint density at radius 3 is 2.23 bits per heavy atom. The highest BCUT2D eigenvalue weighted by molar-refractivity contribution is 6.15. The highest BCUT2D eigenvalue weighted by atomic mass is 16.2. The first kappa shape index (κ1) is 20.1. The number of urea groups is 1. The fourth-order valence-electron chi connectivity index (χ4n) is 3.27. The van der Waals surface area contributed by atoms with E-state index in [-0.39, 0.29) is 12.2 Å². The standard InChI is InChI=1S/C25H21N3O3/c1-17-7-13-21(14-8-17)26-23(29)16-28-24(30)22(27-25(28)31)15-18-9-11-20(12-10-18)19-5-3-2-4-6-19/h2-15H,16H2,1H3,(H,26,29)(H,27,31)/b22-15-. The molecule has 154 valence electrons. The van der Waals surface area contributed by atoms with Crippen LogP contribution in [-0.4, -0.2) is 29.3 Å². The van der Waals surface area contributed by atoms with E-state index < -0.39 is 17.8 Å². The Morgan fingerprint density at radius 1 is 0.903 bits per heavy atom.